The van der Waals surface area contributed by atoms with E-state index in [0.29, 0.717) is 18.5 Å². The maximum atomic E-state index is 12.9. The van der Waals surface area contributed by atoms with Gasteiger partial charge in [0.15, 0.2) is 0 Å². The third kappa shape index (κ3) is 4.02. The van der Waals surface area contributed by atoms with Crippen molar-refractivity contribution < 1.29 is 4.79 Å². The number of carbonyl (C=O) groups excluding carboxylic acids is 1. The van der Waals surface area contributed by atoms with Crippen LogP contribution in [0.1, 0.15) is 74.3 Å². The number of hydrogen-bond acceptors (Lipinski definition) is 3. The first-order chi connectivity index (χ1) is 14.9. The van der Waals surface area contributed by atoms with Crippen LogP contribution in [0.15, 0.2) is 6.07 Å². The van der Waals surface area contributed by atoms with Gasteiger partial charge in [-0.05, 0) is 110 Å². The molecule has 5 rings (SSSR count). The van der Waals surface area contributed by atoms with E-state index in [1.54, 1.807) is 27.8 Å². The highest BCUT2D eigenvalue weighted by Gasteiger charge is 2.53. The van der Waals surface area contributed by atoms with Crippen LogP contribution in [0.2, 0.25) is 0 Å². The van der Waals surface area contributed by atoms with E-state index < -0.39 is 0 Å². The van der Waals surface area contributed by atoms with Gasteiger partial charge in [-0.25, -0.2) is 0 Å². The summed E-state index contributed by atoms with van der Waals surface area (Å²) < 4.78 is 0. The summed E-state index contributed by atoms with van der Waals surface area (Å²) >= 11 is 0. The van der Waals surface area contributed by atoms with Crippen LogP contribution >= 0.6 is 0 Å². The monoisotopic (exact) mass is 419 g/mol. The summed E-state index contributed by atoms with van der Waals surface area (Å²) in [4.78, 5) is 14.7. The van der Waals surface area contributed by atoms with Crippen LogP contribution in [0, 0.1) is 29.1 Å². The Labute approximate surface area is 187 Å². The van der Waals surface area contributed by atoms with E-state index in [1.165, 1.54) is 38.5 Å². The van der Waals surface area contributed by atoms with Gasteiger partial charge in [0.25, 0.3) is 0 Å². The van der Waals surface area contributed by atoms with Crippen molar-refractivity contribution in [3.63, 3.8) is 0 Å². The van der Waals surface area contributed by atoms with E-state index in [-0.39, 0.29) is 18.0 Å². The summed E-state index contributed by atoms with van der Waals surface area (Å²) in [6.07, 6.45) is 10.5. The fourth-order valence-corrected chi connectivity index (χ4v) is 6.52. The summed E-state index contributed by atoms with van der Waals surface area (Å²) in [5.74, 6) is 2.22. The molecule has 1 aliphatic heterocycles. The normalized spacial score (nSPS) is 31.9. The molecule has 1 saturated heterocycles. The highest BCUT2D eigenvalue weighted by molar-refractivity contribution is 5.80. The molecule has 3 unspecified atom stereocenters. The first kappa shape index (κ1) is 21.0. The number of nitriles is 1. The molecule has 1 saturated carbocycles. The molecule has 1 amide bonds. The van der Waals surface area contributed by atoms with Gasteiger partial charge in [-0.2, -0.15) is 5.26 Å². The molecule has 1 aromatic carbocycles. The quantitative estimate of drug-likeness (QED) is 0.786. The molecule has 0 bridgehead atoms. The molecule has 6 atom stereocenters. The van der Waals surface area contributed by atoms with Gasteiger partial charge in [-0.3, -0.25) is 4.79 Å². The molecule has 0 spiro atoms. The van der Waals surface area contributed by atoms with Crippen LogP contribution in [0.5, 0.6) is 0 Å². The van der Waals surface area contributed by atoms with Gasteiger partial charge in [0.05, 0.1) is 12.6 Å². The molecule has 2 fully saturated rings. The van der Waals surface area contributed by atoms with Gasteiger partial charge < -0.3 is 10.2 Å². The molecular weight excluding hydrogens is 382 g/mol. The lowest BCUT2D eigenvalue weighted by atomic mass is 9.73. The Morgan fingerprint density at radius 3 is 2.42 bits per heavy atom. The largest absolute Gasteiger partial charge is 0.322 e. The average molecular weight is 420 g/mol. The van der Waals surface area contributed by atoms with Gasteiger partial charge in [0, 0.05) is 12.1 Å². The fourth-order valence-electron chi connectivity index (χ4n) is 6.52. The molecule has 4 aliphatic rings. The zero-order chi connectivity index (χ0) is 21.7. The van der Waals surface area contributed by atoms with E-state index in [2.05, 4.69) is 38.2 Å². The van der Waals surface area contributed by atoms with Crippen molar-refractivity contribution in [2.75, 3.05) is 6.54 Å². The summed E-state index contributed by atoms with van der Waals surface area (Å²) in [6.45, 7) is 7.36. The maximum Gasteiger partial charge on any atom is 0.237 e. The van der Waals surface area contributed by atoms with Gasteiger partial charge >= 0.3 is 0 Å². The summed E-state index contributed by atoms with van der Waals surface area (Å²) in [6, 6.07) is 5.26. The Morgan fingerprint density at radius 2 is 1.81 bits per heavy atom. The minimum absolute atomic E-state index is 0.114. The van der Waals surface area contributed by atoms with Crippen molar-refractivity contribution in [3.05, 3.63) is 33.9 Å². The zero-order valence-corrected chi connectivity index (χ0v) is 19.4. The minimum atomic E-state index is -0.204. The molecule has 0 radical (unpaired) electrons. The number of fused-ring (bicyclic) bond motifs is 3. The van der Waals surface area contributed by atoms with Crippen molar-refractivity contribution in [2.24, 2.45) is 17.8 Å². The van der Waals surface area contributed by atoms with E-state index in [0.717, 1.165) is 31.1 Å². The Kier molecular flexibility index (Phi) is 5.59. The van der Waals surface area contributed by atoms with Gasteiger partial charge in [-0.1, -0.05) is 19.9 Å². The number of nitrogens with one attached hydrogen (secondary N) is 1. The standard InChI is InChI=1S/C27H37N3O/c1-16-4-6-19-11-20-7-5-17(2)9-24(20)25(23(19)8-16)10-18(3)29-15-27(31)30-22(14-28)12-21-13-26(21)30/h11,16-18,21-22,26,29H,4-10,12-13,15H2,1-3H3/t16?,17?,18?,21-,22+,26+/m1/s1. The van der Waals surface area contributed by atoms with Crippen LogP contribution in [0.25, 0.3) is 0 Å². The SMILES string of the molecule is CC1CCc2cc3c(c(CC(C)NCC(=O)N4[C@H](C#N)C[C@@H]5C[C@@H]54)c2C1)CC(C)CC3. The number of rotatable bonds is 5. The second-order valence-corrected chi connectivity index (χ2v) is 11.1. The van der Waals surface area contributed by atoms with E-state index in [1.807, 2.05) is 4.90 Å². The second-order valence-electron chi connectivity index (χ2n) is 11.1. The van der Waals surface area contributed by atoms with E-state index >= 15 is 0 Å². The lowest BCUT2D eigenvalue weighted by molar-refractivity contribution is -0.131. The Hall–Kier alpha value is -1.86. The number of benzene rings is 1. The smallest absolute Gasteiger partial charge is 0.237 e. The fraction of sp³-hybridized carbons (Fsp3) is 0.704. The molecule has 1 aromatic rings. The maximum absolute atomic E-state index is 12.9. The number of carbonyl (C=O) groups is 1. The molecule has 166 valence electrons. The van der Waals surface area contributed by atoms with Gasteiger partial charge in [-0.15, -0.1) is 0 Å². The van der Waals surface area contributed by atoms with Crippen LogP contribution < -0.4 is 5.32 Å². The zero-order valence-electron chi connectivity index (χ0n) is 19.4. The predicted octanol–water partition coefficient (Wildman–Crippen LogP) is 3.97. The van der Waals surface area contributed by atoms with Crippen LogP contribution in [-0.2, 0) is 36.9 Å². The van der Waals surface area contributed by atoms with Crippen LogP contribution in [0.4, 0.5) is 0 Å². The number of hydrogen-bond donors (Lipinski definition) is 1. The third-order valence-corrected chi connectivity index (χ3v) is 8.42. The number of piperidine rings is 1. The van der Waals surface area contributed by atoms with Crippen LogP contribution in [-0.4, -0.2) is 35.5 Å². The predicted molar refractivity (Wildman–Crippen MR) is 123 cm³/mol. The number of nitrogens with zero attached hydrogens (tertiary/aromatic N) is 2. The van der Waals surface area contributed by atoms with Gasteiger partial charge in [0.2, 0.25) is 5.91 Å². The topological polar surface area (TPSA) is 56.1 Å². The summed E-state index contributed by atoms with van der Waals surface area (Å²) in [5.41, 5.74) is 8.03. The van der Waals surface area contributed by atoms with Crippen molar-refractivity contribution >= 4 is 5.91 Å². The number of amides is 1. The summed E-state index contributed by atoms with van der Waals surface area (Å²) in [5, 5.41) is 12.9. The van der Waals surface area contributed by atoms with Crippen molar-refractivity contribution in [3.8, 4) is 6.07 Å². The van der Waals surface area contributed by atoms with E-state index in [4.69, 9.17) is 0 Å². The lowest BCUT2D eigenvalue weighted by Gasteiger charge is -2.32. The number of likely N-dealkylation sites (tertiary alicyclic amines) is 1. The Bertz CT molecular complexity index is 878. The molecule has 4 nitrogen and oxygen atoms in total. The second kappa shape index (κ2) is 8.24. The van der Waals surface area contributed by atoms with E-state index in [9.17, 15) is 10.1 Å². The molecule has 1 heterocycles. The average Bonchev–Trinajstić information content (AvgIpc) is 3.42. The first-order valence-corrected chi connectivity index (χ1v) is 12.5. The van der Waals surface area contributed by atoms with Crippen molar-refractivity contribution in [1.29, 1.82) is 5.26 Å². The summed E-state index contributed by atoms with van der Waals surface area (Å²) in [7, 11) is 0. The molecular formula is C27H37N3O. The first-order valence-electron chi connectivity index (χ1n) is 12.5. The Balaban J connectivity index is 1.31. The Morgan fingerprint density at radius 1 is 1.16 bits per heavy atom. The highest BCUT2D eigenvalue weighted by Crippen LogP contribution is 2.47. The highest BCUT2D eigenvalue weighted by atomic mass is 16.2. The molecule has 3 aliphatic carbocycles. The van der Waals surface area contributed by atoms with Crippen LogP contribution in [0.3, 0.4) is 0 Å². The molecule has 31 heavy (non-hydrogen) atoms. The molecule has 0 aromatic heterocycles. The minimum Gasteiger partial charge on any atom is -0.322 e. The number of aryl methyl sites for hydroxylation is 2. The third-order valence-electron chi connectivity index (χ3n) is 8.42. The van der Waals surface area contributed by atoms with Crippen molar-refractivity contribution in [1.82, 2.24) is 10.2 Å². The molecule has 4 heteroatoms. The van der Waals surface area contributed by atoms with Crippen molar-refractivity contribution in [2.45, 2.75) is 96.7 Å². The molecule has 1 N–H and O–H groups in total. The lowest BCUT2D eigenvalue weighted by Crippen LogP contribution is -2.45. The van der Waals surface area contributed by atoms with Gasteiger partial charge in [0.1, 0.15) is 6.04 Å².